The lowest BCUT2D eigenvalue weighted by molar-refractivity contribution is 0.632. The Bertz CT molecular complexity index is 4080. The summed E-state index contributed by atoms with van der Waals surface area (Å²) in [5.74, 6) is 0.678. The first kappa shape index (κ1) is 34.6. The molecule has 3 heterocycles. The van der Waals surface area contributed by atoms with Gasteiger partial charge in [-0.2, -0.15) is 0 Å². The summed E-state index contributed by atoms with van der Waals surface area (Å²) in [4.78, 5) is 11.6. The van der Waals surface area contributed by atoms with Gasteiger partial charge >= 0.3 is 0 Å². The summed E-state index contributed by atoms with van der Waals surface area (Å²) in [7, 11) is 0. The number of nitrogens with zero attached hydrogens (tertiary/aromatic N) is 4. The van der Waals surface area contributed by atoms with E-state index in [1.807, 2.05) is 0 Å². The lowest BCUT2D eigenvalue weighted by Crippen LogP contribution is -2.18. The van der Waals surface area contributed by atoms with Gasteiger partial charge in [-0.15, -0.1) is 0 Å². The molecule has 10 aromatic carbocycles. The van der Waals surface area contributed by atoms with Gasteiger partial charge < -0.3 is 4.57 Å². The maximum atomic E-state index is 5.82. The van der Waals surface area contributed by atoms with E-state index >= 15 is 0 Å². The third kappa shape index (κ3) is 4.59. The molecule has 0 saturated heterocycles. The molecule has 0 unspecified atom stereocenters. The lowest BCUT2D eigenvalue weighted by atomic mass is 9.85. The summed E-state index contributed by atoms with van der Waals surface area (Å²) in [6, 6.07) is 70.9. The second-order valence-corrected chi connectivity index (χ2v) is 17.7. The molecule has 0 bridgehead atoms. The van der Waals surface area contributed by atoms with Crippen molar-refractivity contribution in [3.63, 3.8) is 0 Å². The van der Waals surface area contributed by atoms with Crippen molar-refractivity contribution < 1.29 is 0 Å². The molecule has 13 aromatic rings. The number of para-hydroxylation sites is 2. The van der Waals surface area contributed by atoms with Crippen LogP contribution >= 0.6 is 0 Å². The minimum absolute atomic E-state index is 0.367. The molecule has 0 amide bonds. The zero-order valence-corrected chi connectivity index (χ0v) is 34.8. The summed E-state index contributed by atoms with van der Waals surface area (Å²) in [6.45, 7) is 4.64. The average Bonchev–Trinajstić information content (AvgIpc) is 3.94. The van der Waals surface area contributed by atoms with Crippen LogP contribution < -0.4 is 0 Å². The molecular weight excluding hydrogens is 765 g/mol. The molecule has 14 rings (SSSR count). The zero-order valence-electron chi connectivity index (χ0n) is 34.8. The van der Waals surface area contributed by atoms with E-state index in [1.165, 1.54) is 86.8 Å². The molecule has 0 spiro atoms. The molecule has 1 aliphatic rings. The van der Waals surface area contributed by atoms with Gasteiger partial charge in [0.25, 0.3) is 0 Å². The molecule has 0 radical (unpaired) electrons. The molecule has 4 heteroatoms. The summed E-state index contributed by atoms with van der Waals surface area (Å²) < 4.78 is 4.75. The Balaban J connectivity index is 1.14. The highest BCUT2D eigenvalue weighted by molar-refractivity contribution is 6.36. The van der Waals surface area contributed by atoms with Crippen LogP contribution in [0.4, 0.5) is 0 Å². The number of benzene rings is 10. The van der Waals surface area contributed by atoms with Crippen molar-refractivity contribution in [1.29, 1.82) is 0 Å². The Morgan fingerprint density at radius 3 is 1.83 bits per heavy atom. The van der Waals surface area contributed by atoms with Crippen LogP contribution in [0.5, 0.6) is 0 Å². The minimum Gasteiger partial charge on any atom is -0.309 e. The predicted molar refractivity (Wildman–Crippen MR) is 264 cm³/mol. The number of aromatic nitrogens is 4. The smallest absolute Gasteiger partial charge is 0.235 e. The summed E-state index contributed by atoms with van der Waals surface area (Å²) in [6.07, 6.45) is 0. The van der Waals surface area contributed by atoms with E-state index in [-0.39, 0.29) is 5.41 Å². The van der Waals surface area contributed by atoms with Crippen molar-refractivity contribution in [2.75, 3.05) is 0 Å². The van der Waals surface area contributed by atoms with E-state index in [0.717, 1.165) is 39.2 Å². The Morgan fingerprint density at radius 1 is 0.413 bits per heavy atom. The molecule has 0 N–H and O–H groups in total. The summed E-state index contributed by atoms with van der Waals surface area (Å²) in [5, 5.41) is 14.7. The Morgan fingerprint density at radius 2 is 1.02 bits per heavy atom. The Hall–Kier alpha value is -8.08. The second-order valence-electron chi connectivity index (χ2n) is 17.7. The number of hydrogen-bond donors (Lipinski definition) is 0. The van der Waals surface area contributed by atoms with Gasteiger partial charge in [0.1, 0.15) is 0 Å². The molecule has 0 fully saturated rings. The van der Waals surface area contributed by atoms with E-state index < -0.39 is 0 Å². The van der Waals surface area contributed by atoms with Crippen molar-refractivity contribution in [3.8, 4) is 34.0 Å². The molecule has 0 saturated carbocycles. The maximum Gasteiger partial charge on any atom is 0.235 e. The van der Waals surface area contributed by atoms with E-state index in [9.17, 15) is 0 Å². The van der Waals surface area contributed by atoms with Gasteiger partial charge in [0.2, 0.25) is 5.95 Å². The third-order valence-corrected chi connectivity index (χ3v) is 14.0. The fourth-order valence-corrected chi connectivity index (χ4v) is 11.3. The van der Waals surface area contributed by atoms with Crippen LogP contribution in [0.2, 0.25) is 0 Å². The van der Waals surface area contributed by atoms with E-state index in [1.54, 1.807) is 0 Å². The van der Waals surface area contributed by atoms with Crippen LogP contribution in [-0.2, 0) is 5.41 Å². The second kappa shape index (κ2) is 12.5. The quantitative estimate of drug-likeness (QED) is 0.167. The van der Waals surface area contributed by atoms with Crippen LogP contribution in [0.15, 0.2) is 194 Å². The van der Waals surface area contributed by atoms with Gasteiger partial charge in [-0.05, 0) is 79.8 Å². The van der Waals surface area contributed by atoms with Crippen LogP contribution in [0.25, 0.3) is 121 Å². The molecule has 3 aromatic heterocycles. The van der Waals surface area contributed by atoms with Crippen LogP contribution in [0.1, 0.15) is 25.1 Å². The molecule has 0 atom stereocenters. The summed E-state index contributed by atoms with van der Waals surface area (Å²) >= 11 is 0. The van der Waals surface area contributed by atoms with E-state index in [4.69, 9.17) is 9.97 Å². The predicted octanol–water partition coefficient (Wildman–Crippen LogP) is 15.3. The van der Waals surface area contributed by atoms with E-state index in [2.05, 4.69) is 217 Å². The first-order valence-electron chi connectivity index (χ1n) is 21.8. The monoisotopic (exact) mass is 802 g/mol. The van der Waals surface area contributed by atoms with Gasteiger partial charge in [0.05, 0.1) is 33.5 Å². The molecule has 294 valence electrons. The third-order valence-electron chi connectivity index (χ3n) is 14.0. The largest absolute Gasteiger partial charge is 0.309 e. The van der Waals surface area contributed by atoms with Gasteiger partial charge in [0.15, 0.2) is 0 Å². The fraction of sp³-hybridized carbons (Fsp3) is 0.0508. The molecule has 4 nitrogen and oxygen atoms in total. The minimum atomic E-state index is -0.367. The van der Waals surface area contributed by atoms with Crippen molar-refractivity contribution >= 4 is 86.7 Å². The van der Waals surface area contributed by atoms with Crippen LogP contribution in [0, 0.1) is 0 Å². The molecular formula is C59H38N4. The Kier molecular flexibility index (Phi) is 6.87. The molecule has 0 aliphatic heterocycles. The van der Waals surface area contributed by atoms with Crippen LogP contribution in [0.3, 0.4) is 0 Å². The van der Waals surface area contributed by atoms with Crippen molar-refractivity contribution in [2.24, 2.45) is 0 Å². The zero-order chi connectivity index (χ0) is 41.6. The van der Waals surface area contributed by atoms with Gasteiger partial charge in [0, 0.05) is 54.5 Å². The maximum absolute atomic E-state index is 5.82. The number of fused-ring (bicyclic) bond motifs is 18. The number of hydrogen-bond acceptors (Lipinski definition) is 2. The van der Waals surface area contributed by atoms with Crippen molar-refractivity contribution in [2.45, 2.75) is 19.3 Å². The highest BCUT2D eigenvalue weighted by Gasteiger charge is 2.40. The fourth-order valence-electron chi connectivity index (χ4n) is 11.3. The van der Waals surface area contributed by atoms with Crippen LogP contribution in [-0.4, -0.2) is 19.1 Å². The number of rotatable bonds is 3. The van der Waals surface area contributed by atoms with Gasteiger partial charge in [-0.25, -0.2) is 9.97 Å². The van der Waals surface area contributed by atoms with Crippen molar-refractivity contribution in [1.82, 2.24) is 19.1 Å². The SMILES string of the molecule is CC1(C)c2ccccc2-c2c(-c3ccc4c(c3)c3ccccc3n4-c3ccccc3)nc(-n3c4ccc5c6ccccc6c6ccccc6c5c4c4ccc5ccccc5c43)nc21. The average molecular weight is 803 g/mol. The normalized spacial score (nSPS) is 13.4. The molecule has 1 aliphatic carbocycles. The van der Waals surface area contributed by atoms with E-state index in [0.29, 0.717) is 5.95 Å². The van der Waals surface area contributed by atoms with Gasteiger partial charge in [-0.3, -0.25) is 4.57 Å². The molecule has 63 heavy (non-hydrogen) atoms. The highest BCUT2D eigenvalue weighted by atomic mass is 15.2. The van der Waals surface area contributed by atoms with Gasteiger partial charge in [-0.1, -0.05) is 172 Å². The first-order valence-corrected chi connectivity index (χ1v) is 21.8. The first-order chi connectivity index (χ1) is 31.0. The highest BCUT2D eigenvalue weighted by Crippen LogP contribution is 2.52. The van der Waals surface area contributed by atoms with Crippen molar-refractivity contribution in [3.05, 3.63) is 205 Å². The Labute approximate surface area is 362 Å². The lowest BCUT2D eigenvalue weighted by Gasteiger charge is -2.21. The summed E-state index contributed by atoms with van der Waals surface area (Å²) in [5.41, 5.74) is 12.0. The topological polar surface area (TPSA) is 35.6 Å². The standard InChI is InChI=1S/C59H38N4/c1-59(2)48-26-14-12-25-45(48)54-55(36-29-32-50-47(34-36)42-23-13-15-27-49(42)62(50)37-17-4-3-5-18-37)60-58(61-57(54)59)63-51-33-31-44-41-22-9-8-20-39(41)40-21-10-11-24-43(40)52(44)53(51)46-30-28-35-16-6-7-19-38(35)56(46)63/h3-34H,1-2H3.